The molecule has 7 nitrogen and oxygen atoms in total. The van der Waals surface area contributed by atoms with Gasteiger partial charge in [0.2, 0.25) is 9.84 Å². The molecule has 0 aromatic heterocycles. The highest BCUT2D eigenvalue weighted by atomic mass is 35.5. The average Bonchev–Trinajstić information content (AvgIpc) is 2.73. The molecule has 11 heteroatoms. The first-order valence-electron chi connectivity index (χ1n) is 8.88. The molecule has 1 heterocycles. The lowest BCUT2D eigenvalue weighted by atomic mass is 10.2. The van der Waals surface area contributed by atoms with E-state index in [2.05, 4.69) is 10.1 Å². The van der Waals surface area contributed by atoms with Gasteiger partial charge < -0.3 is 24.4 Å². The van der Waals surface area contributed by atoms with E-state index in [1.165, 1.54) is 38.5 Å². The number of rotatable bonds is 7. The van der Waals surface area contributed by atoms with Crippen LogP contribution < -0.4 is 24.4 Å². The Morgan fingerprint density at radius 3 is 2.07 bits per heavy atom. The Labute approximate surface area is 180 Å². The fraction of sp³-hybridized carbons (Fsp3) is 0.368. The molecule has 0 aliphatic carbocycles. The van der Waals surface area contributed by atoms with Gasteiger partial charge in [0.1, 0.15) is 5.75 Å². The summed E-state index contributed by atoms with van der Waals surface area (Å²) in [6.45, 7) is -0.161. The Balaban J connectivity index is 0.00000320. The Hall–Kier alpha value is -2.30. The summed E-state index contributed by atoms with van der Waals surface area (Å²) in [4.78, 5) is 1.89. The van der Waals surface area contributed by atoms with Gasteiger partial charge in [-0.1, -0.05) is 0 Å². The van der Waals surface area contributed by atoms with Crippen LogP contribution in [0.5, 0.6) is 17.2 Å². The number of piperazine rings is 1. The van der Waals surface area contributed by atoms with Crippen LogP contribution in [0.3, 0.4) is 0 Å². The van der Waals surface area contributed by atoms with E-state index in [1.807, 2.05) is 4.90 Å². The molecule has 0 atom stereocenters. The van der Waals surface area contributed by atoms with Crippen LogP contribution in [0.2, 0.25) is 0 Å². The summed E-state index contributed by atoms with van der Waals surface area (Å²) in [5.41, 5.74) is 0.660. The molecule has 3 rings (SSSR count). The zero-order valence-corrected chi connectivity index (χ0v) is 18.1. The number of nitrogens with zero attached hydrogens (tertiary/aromatic N) is 1. The van der Waals surface area contributed by atoms with E-state index in [0.29, 0.717) is 24.5 Å². The Bertz CT molecular complexity index is 969. The summed E-state index contributed by atoms with van der Waals surface area (Å²) in [6, 6.07) is 8.17. The van der Waals surface area contributed by atoms with Crippen LogP contribution in [0, 0.1) is 0 Å². The van der Waals surface area contributed by atoms with E-state index in [4.69, 9.17) is 9.47 Å². The number of hydrogen-bond donors (Lipinski definition) is 1. The molecule has 0 unspecified atom stereocenters. The Morgan fingerprint density at radius 2 is 1.50 bits per heavy atom. The first-order chi connectivity index (χ1) is 13.9. The number of sulfone groups is 1. The van der Waals surface area contributed by atoms with E-state index >= 15 is 0 Å². The zero-order chi connectivity index (χ0) is 21.0. The van der Waals surface area contributed by atoms with Crippen molar-refractivity contribution in [2.24, 2.45) is 0 Å². The summed E-state index contributed by atoms with van der Waals surface area (Å²) in [5.74, 6) is 0.224. The molecular formula is C19H23ClF2N2O5S. The van der Waals surface area contributed by atoms with Gasteiger partial charge in [0, 0.05) is 32.2 Å². The normalized spacial score (nSPS) is 14.2. The van der Waals surface area contributed by atoms with E-state index in [9.17, 15) is 17.2 Å². The number of halogens is 3. The summed E-state index contributed by atoms with van der Waals surface area (Å²) < 4.78 is 66.4. The van der Waals surface area contributed by atoms with Crippen LogP contribution in [0.15, 0.2) is 46.2 Å². The predicted molar refractivity (Wildman–Crippen MR) is 110 cm³/mol. The number of methoxy groups -OCH3 is 2. The molecule has 1 N–H and O–H groups in total. The smallest absolute Gasteiger partial charge is 0.387 e. The van der Waals surface area contributed by atoms with E-state index in [1.54, 1.807) is 6.07 Å². The standard InChI is InChI=1S/C19H22F2N2O5S.ClH/c1-26-16-5-3-13(11-15(16)23-9-7-22-8-10-23)29(24,25)14-4-6-17(27-2)18(12-14)28-19(20)21;/h3-6,11-12,19,22H,7-10H2,1-2H3;1H. The van der Waals surface area contributed by atoms with E-state index in [-0.39, 0.29) is 33.7 Å². The minimum Gasteiger partial charge on any atom is -0.495 e. The lowest BCUT2D eigenvalue weighted by molar-refractivity contribution is -0.0513. The van der Waals surface area contributed by atoms with Crippen LogP contribution in [0.4, 0.5) is 14.5 Å². The molecule has 1 aliphatic rings. The maximum absolute atomic E-state index is 13.2. The third kappa shape index (κ3) is 5.05. The molecular weight excluding hydrogens is 442 g/mol. The lowest BCUT2D eigenvalue weighted by Crippen LogP contribution is -2.43. The maximum atomic E-state index is 13.2. The van der Waals surface area contributed by atoms with Crippen molar-refractivity contribution in [2.75, 3.05) is 45.3 Å². The molecule has 1 fully saturated rings. The molecule has 0 amide bonds. The van der Waals surface area contributed by atoms with Crippen molar-refractivity contribution in [3.05, 3.63) is 36.4 Å². The number of ether oxygens (including phenoxy) is 3. The van der Waals surface area contributed by atoms with Crippen molar-refractivity contribution in [3.63, 3.8) is 0 Å². The Morgan fingerprint density at radius 1 is 0.933 bits per heavy atom. The first-order valence-corrected chi connectivity index (χ1v) is 10.4. The second kappa shape index (κ2) is 10.1. The first kappa shape index (κ1) is 24.0. The van der Waals surface area contributed by atoms with Crippen LogP contribution in [-0.4, -0.2) is 55.4 Å². The fourth-order valence-electron chi connectivity index (χ4n) is 3.14. The van der Waals surface area contributed by atoms with Gasteiger partial charge in [-0.3, -0.25) is 0 Å². The number of nitrogens with one attached hydrogen (secondary N) is 1. The molecule has 0 bridgehead atoms. The van der Waals surface area contributed by atoms with E-state index in [0.717, 1.165) is 19.2 Å². The predicted octanol–water partition coefficient (Wildman–Crippen LogP) is 2.97. The third-order valence-corrected chi connectivity index (χ3v) is 6.33. The van der Waals surface area contributed by atoms with E-state index < -0.39 is 16.4 Å². The quantitative estimate of drug-likeness (QED) is 0.675. The monoisotopic (exact) mass is 464 g/mol. The molecule has 2 aromatic rings. The molecule has 166 valence electrons. The SMILES string of the molecule is COc1ccc(S(=O)(=O)c2ccc(OC)c(N3CCNCC3)c2)cc1OC(F)F.Cl. The molecule has 0 saturated carbocycles. The van der Waals surface area contributed by atoms with Crippen molar-refractivity contribution >= 4 is 27.9 Å². The minimum atomic E-state index is -3.99. The van der Waals surface area contributed by atoms with Gasteiger partial charge in [-0.05, 0) is 30.3 Å². The molecule has 2 aromatic carbocycles. The van der Waals surface area contributed by atoms with Crippen LogP contribution in [-0.2, 0) is 9.84 Å². The molecule has 1 saturated heterocycles. The van der Waals surface area contributed by atoms with Gasteiger partial charge in [0.05, 0.1) is 29.7 Å². The number of alkyl halides is 2. The van der Waals surface area contributed by atoms with Gasteiger partial charge in [0.25, 0.3) is 0 Å². The number of benzene rings is 2. The minimum absolute atomic E-state index is 0. The highest BCUT2D eigenvalue weighted by molar-refractivity contribution is 7.91. The molecule has 0 radical (unpaired) electrons. The van der Waals surface area contributed by atoms with Crippen molar-refractivity contribution in [1.82, 2.24) is 5.32 Å². The number of hydrogen-bond acceptors (Lipinski definition) is 7. The zero-order valence-electron chi connectivity index (χ0n) is 16.4. The second-order valence-electron chi connectivity index (χ2n) is 6.27. The van der Waals surface area contributed by atoms with Crippen LogP contribution in [0.1, 0.15) is 0 Å². The highest BCUT2D eigenvalue weighted by Crippen LogP contribution is 2.36. The van der Waals surface area contributed by atoms with Gasteiger partial charge in [0.15, 0.2) is 11.5 Å². The summed E-state index contributed by atoms with van der Waals surface area (Å²) in [5, 5.41) is 3.24. The topological polar surface area (TPSA) is 77.1 Å². The third-order valence-electron chi connectivity index (χ3n) is 4.58. The van der Waals surface area contributed by atoms with Crippen LogP contribution >= 0.6 is 12.4 Å². The van der Waals surface area contributed by atoms with Gasteiger partial charge in [-0.2, -0.15) is 8.78 Å². The maximum Gasteiger partial charge on any atom is 0.387 e. The Kier molecular flexibility index (Phi) is 8.10. The largest absolute Gasteiger partial charge is 0.495 e. The summed E-state index contributed by atoms with van der Waals surface area (Å²) >= 11 is 0. The van der Waals surface area contributed by atoms with Crippen LogP contribution in [0.25, 0.3) is 0 Å². The van der Waals surface area contributed by atoms with Crippen molar-refractivity contribution in [1.29, 1.82) is 0 Å². The summed E-state index contributed by atoms with van der Waals surface area (Å²) in [7, 11) is -1.18. The van der Waals surface area contributed by atoms with Crippen molar-refractivity contribution in [3.8, 4) is 17.2 Å². The second-order valence-corrected chi connectivity index (χ2v) is 8.21. The fourth-order valence-corrected chi connectivity index (χ4v) is 4.43. The summed E-state index contributed by atoms with van der Waals surface area (Å²) in [6.07, 6.45) is 0. The molecule has 30 heavy (non-hydrogen) atoms. The highest BCUT2D eigenvalue weighted by Gasteiger charge is 2.24. The number of anilines is 1. The lowest BCUT2D eigenvalue weighted by Gasteiger charge is -2.30. The van der Waals surface area contributed by atoms with Crippen molar-refractivity contribution < 1.29 is 31.4 Å². The molecule has 1 aliphatic heterocycles. The van der Waals surface area contributed by atoms with Gasteiger partial charge >= 0.3 is 6.61 Å². The molecule has 0 spiro atoms. The van der Waals surface area contributed by atoms with Gasteiger partial charge in [-0.15, -0.1) is 12.4 Å². The van der Waals surface area contributed by atoms with Gasteiger partial charge in [-0.25, -0.2) is 8.42 Å². The average molecular weight is 465 g/mol. The van der Waals surface area contributed by atoms with Crippen molar-refractivity contribution in [2.45, 2.75) is 16.4 Å².